The van der Waals surface area contributed by atoms with Crippen LogP contribution in [0.4, 0.5) is 4.79 Å². The summed E-state index contributed by atoms with van der Waals surface area (Å²) in [7, 11) is 0. The van der Waals surface area contributed by atoms with Gasteiger partial charge in [-0.2, -0.15) is 0 Å². The predicted molar refractivity (Wildman–Crippen MR) is 166 cm³/mol. The summed E-state index contributed by atoms with van der Waals surface area (Å²) in [5.41, 5.74) is 10.2. The van der Waals surface area contributed by atoms with Gasteiger partial charge in [0.1, 0.15) is 0 Å². The Hall–Kier alpha value is -1.83. The molecule has 2 aliphatic heterocycles. The van der Waals surface area contributed by atoms with Crippen LogP contribution in [0.1, 0.15) is 76.3 Å². The quantitative estimate of drug-likeness (QED) is 0.336. The number of primary amides is 1. The second-order valence-corrected chi connectivity index (χ2v) is 12.3. The Balaban J connectivity index is 0.00000205. The molecule has 39 heavy (non-hydrogen) atoms. The fraction of sp³-hybridized carbons (Fsp3) is 0.567. The van der Waals surface area contributed by atoms with Crippen LogP contribution >= 0.6 is 39.1 Å². The van der Waals surface area contributed by atoms with Gasteiger partial charge in [-0.25, -0.2) is 4.79 Å². The maximum Gasteiger partial charge on any atom is 0.314 e. The van der Waals surface area contributed by atoms with Gasteiger partial charge < -0.3 is 15.5 Å². The number of benzene rings is 1. The molecule has 2 fully saturated rings. The van der Waals surface area contributed by atoms with Crippen LogP contribution in [0.5, 0.6) is 0 Å². The number of hydrogen-bond donors (Lipinski definition) is 1. The zero-order chi connectivity index (χ0) is 28.7. The van der Waals surface area contributed by atoms with E-state index in [4.69, 9.17) is 33.9 Å². The zero-order valence-corrected chi connectivity index (χ0v) is 26.4. The van der Waals surface area contributed by atoms with Crippen molar-refractivity contribution in [2.45, 2.75) is 71.6 Å². The Bertz CT molecular complexity index is 1120. The summed E-state index contributed by atoms with van der Waals surface area (Å²) < 4.78 is 1.01. The number of nitrogens with zero attached hydrogens (tertiary/aromatic N) is 3. The standard InChI is InChI=1S/C28H35BrCl2N4O2.C2H6/c1-17-3-4-21-14-22(31)15-23(29)25(21)26(27(17)33-16-18(2)30)20-7-11-34(12-8-20)24(36)13-19-5-9-35(10-6-19)28(32)37;1-2/h14-16,19-20,26H,2-13H2,1H3,(H2,32,37);1-2H3. The Morgan fingerprint density at radius 2 is 1.72 bits per heavy atom. The highest BCUT2D eigenvalue weighted by molar-refractivity contribution is 9.10. The average Bonchev–Trinajstić information content (AvgIpc) is 3.05. The van der Waals surface area contributed by atoms with E-state index in [0.29, 0.717) is 36.4 Å². The number of carbonyl (C=O) groups is 2. The molecule has 6 nitrogen and oxygen atoms in total. The van der Waals surface area contributed by atoms with Crippen molar-refractivity contribution in [1.82, 2.24) is 9.80 Å². The molecule has 9 heteroatoms. The van der Waals surface area contributed by atoms with E-state index in [9.17, 15) is 9.59 Å². The van der Waals surface area contributed by atoms with E-state index < -0.39 is 0 Å². The van der Waals surface area contributed by atoms with Crippen LogP contribution in [-0.2, 0) is 11.2 Å². The molecule has 1 aliphatic carbocycles. The smallest absolute Gasteiger partial charge is 0.314 e. The molecule has 0 spiro atoms. The van der Waals surface area contributed by atoms with E-state index in [-0.39, 0.29) is 17.9 Å². The van der Waals surface area contributed by atoms with Crippen molar-refractivity contribution in [2.75, 3.05) is 26.2 Å². The molecule has 0 bridgehead atoms. The number of carbonyl (C=O) groups excluding carboxylic acids is 2. The third-order valence-corrected chi connectivity index (χ3v) is 9.06. The van der Waals surface area contributed by atoms with Gasteiger partial charge in [0.2, 0.25) is 5.91 Å². The van der Waals surface area contributed by atoms with Crippen molar-refractivity contribution in [3.63, 3.8) is 0 Å². The van der Waals surface area contributed by atoms with Crippen LogP contribution < -0.4 is 5.73 Å². The minimum absolute atomic E-state index is 0.0896. The lowest BCUT2D eigenvalue weighted by Crippen LogP contribution is -2.44. The summed E-state index contributed by atoms with van der Waals surface area (Å²) in [6.45, 7) is 12.7. The van der Waals surface area contributed by atoms with Gasteiger partial charge >= 0.3 is 6.03 Å². The number of aliphatic imine (C=N–C) groups is 1. The number of likely N-dealkylation sites (tertiary alicyclic amines) is 2. The summed E-state index contributed by atoms with van der Waals surface area (Å²) in [5.74, 6) is 0.953. The number of amides is 3. The fourth-order valence-electron chi connectivity index (χ4n) is 6.05. The van der Waals surface area contributed by atoms with Crippen LogP contribution in [0.3, 0.4) is 0 Å². The number of nitrogens with two attached hydrogens (primary N) is 1. The number of hydrogen-bond acceptors (Lipinski definition) is 3. The Morgan fingerprint density at radius 3 is 2.31 bits per heavy atom. The van der Waals surface area contributed by atoms with Gasteiger partial charge in [-0.05, 0) is 80.5 Å². The molecular weight excluding hydrogens is 599 g/mol. The van der Waals surface area contributed by atoms with Crippen LogP contribution in [-0.4, -0.2) is 54.1 Å². The molecule has 1 aromatic rings. The molecule has 214 valence electrons. The summed E-state index contributed by atoms with van der Waals surface area (Å²) in [5, 5.41) is 1.13. The van der Waals surface area contributed by atoms with E-state index >= 15 is 0 Å². The molecule has 1 unspecified atom stereocenters. The summed E-state index contributed by atoms with van der Waals surface area (Å²) in [4.78, 5) is 33.1. The average molecular weight is 640 g/mol. The van der Waals surface area contributed by atoms with Gasteiger partial charge in [0.25, 0.3) is 0 Å². The largest absolute Gasteiger partial charge is 0.351 e. The third kappa shape index (κ3) is 8.11. The molecule has 2 saturated heterocycles. The van der Waals surface area contributed by atoms with Gasteiger partial charge in [-0.3, -0.25) is 9.79 Å². The molecule has 3 aliphatic rings. The highest BCUT2D eigenvalue weighted by Gasteiger charge is 2.36. The first-order valence-corrected chi connectivity index (χ1v) is 15.6. The first kappa shape index (κ1) is 31.7. The van der Waals surface area contributed by atoms with Gasteiger partial charge in [-0.1, -0.05) is 65.1 Å². The van der Waals surface area contributed by atoms with Crippen molar-refractivity contribution < 1.29 is 9.59 Å². The summed E-state index contributed by atoms with van der Waals surface area (Å²) in [6.07, 6.45) is 7.46. The highest BCUT2D eigenvalue weighted by atomic mass is 79.9. The van der Waals surface area contributed by atoms with Crippen LogP contribution in [0, 0.1) is 11.8 Å². The molecule has 4 rings (SSSR count). The minimum Gasteiger partial charge on any atom is -0.351 e. The van der Waals surface area contributed by atoms with Crippen LogP contribution in [0.2, 0.25) is 5.02 Å². The maximum absolute atomic E-state index is 13.1. The number of piperidine rings is 2. The number of allylic oxidation sites excluding steroid dienone is 3. The number of halogens is 3. The van der Waals surface area contributed by atoms with Crippen molar-refractivity contribution in [3.05, 3.63) is 55.6 Å². The van der Waals surface area contributed by atoms with E-state index in [1.807, 2.05) is 24.8 Å². The first-order chi connectivity index (χ1) is 18.6. The van der Waals surface area contributed by atoms with Crippen molar-refractivity contribution in [3.8, 4) is 0 Å². The highest BCUT2D eigenvalue weighted by Crippen LogP contribution is 2.47. The second-order valence-electron chi connectivity index (χ2n) is 10.5. The molecule has 3 amide bonds. The third-order valence-electron chi connectivity index (χ3n) is 8.09. The van der Waals surface area contributed by atoms with Gasteiger partial charge in [0, 0.05) is 59.9 Å². The first-order valence-electron chi connectivity index (χ1n) is 14.0. The lowest BCUT2D eigenvalue weighted by molar-refractivity contribution is -0.134. The fourth-order valence-corrected chi connectivity index (χ4v) is 7.22. The molecule has 2 N–H and O–H groups in total. The van der Waals surface area contributed by atoms with E-state index in [0.717, 1.165) is 66.8 Å². The lowest BCUT2D eigenvalue weighted by Gasteiger charge is -2.38. The Kier molecular flexibility index (Phi) is 11.9. The van der Waals surface area contributed by atoms with Crippen LogP contribution in [0.25, 0.3) is 0 Å². The lowest BCUT2D eigenvalue weighted by atomic mass is 9.76. The van der Waals surface area contributed by atoms with Gasteiger partial charge in [0.05, 0.1) is 5.03 Å². The molecular formula is C30H41BrCl2N4O2. The second kappa shape index (κ2) is 14.7. The van der Waals surface area contributed by atoms with Crippen molar-refractivity contribution >= 4 is 57.3 Å². The minimum atomic E-state index is -0.371. The molecule has 0 saturated carbocycles. The maximum atomic E-state index is 13.1. The number of urea groups is 1. The summed E-state index contributed by atoms with van der Waals surface area (Å²) >= 11 is 16.3. The van der Waals surface area contributed by atoms with Gasteiger partial charge in [-0.15, -0.1) is 0 Å². The SMILES string of the molecule is C=C(Cl)C=NC1=C(C)CCc2cc(Cl)cc(Br)c2C1C1CCN(C(=O)CC2CCN(C(N)=O)CC2)CC1.CC. The van der Waals surface area contributed by atoms with Crippen molar-refractivity contribution in [2.24, 2.45) is 22.6 Å². The zero-order valence-electron chi connectivity index (χ0n) is 23.3. The van der Waals surface area contributed by atoms with E-state index in [1.165, 1.54) is 16.7 Å². The Morgan fingerprint density at radius 1 is 1.10 bits per heavy atom. The predicted octanol–water partition coefficient (Wildman–Crippen LogP) is 7.68. The van der Waals surface area contributed by atoms with Crippen molar-refractivity contribution in [1.29, 1.82) is 0 Å². The number of aryl methyl sites for hydroxylation is 1. The molecule has 1 aromatic carbocycles. The molecule has 1 atom stereocenters. The normalized spacial score (nSPS) is 20.8. The van der Waals surface area contributed by atoms with Crippen LogP contribution in [0.15, 0.2) is 44.5 Å². The topological polar surface area (TPSA) is 79.0 Å². The van der Waals surface area contributed by atoms with E-state index in [2.05, 4.69) is 35.5 Å². The molecule has 2 heterocycles. The van der Waals surface area contributed by atoms with E-state index in [1.54, 1.807) is 11.1 Å². The number of fused-ring (bicyclic) bond motifs is 1. The summed E-state index contributed by atoms with van der Waals surface area (Å²) in [6, 6.07) is 3.68. The Labute approximate surface area is 251 Å². The monoisotopic (exact) mass is 638 g/mol. The molecule has 0 radical (unpaired) electrons. The van der Waals surface area contributed by atoms with Gasteiger partial charge in [0.15, 0.2) is 0 Å². The molecule has 0 aromatic heterocycles. The number of rotatable bonds is 5.